The first-order valence-electron chi connectivity index (χ1n) is 5.79. The van der Waals surface area contributed by atoms with E-state index in [1.54, 1.807) is 12.1 Å². The smallest absolute Gasteiger partial charge is 0.244 e. The van der Waals surface area contributed by atoms with Crippen LogP contribution in [0.25, 0.3) is 0 Å². The zero-order valence-electron chi connectivity index (χ0n) is 10.2. The highest BCUT2D eigenvalue weighted by Gasteiger charge is 2.29. The minimum Gasteiger partial charge on any atom is -0.326 e. The lowest BCUT2D eigenvalue weighted by Gasteiger charge is -2.26. The number of sulfonamides is 1. The van der Waals surface area contributed by atoms with E-state index in [0.717, 1.165) is 5.56 Å². The number of hydrogen-bond acceptors (Lipinski definition) is 4. The summed E-state index contributed by atoms with van der Waals surface area (Å²) in [6, 6.07) is 4.70. The van der Waals surface area contributed by atoms with E-state index >= 15 is 0 Å². The predicted molar refractivity (Wildman–Crippen MR) is 76.0 cm³/mol. The van der Waals surface area contributed by atoms with E-state index in [4.69, 9.17) is 17.3 Å². The number of halogens is 1. The Morgan fingerprint density at radius 1 is 1.32 bits per heavy atom. The van der Waals surface area contributed by atoms with Gasteiger partial charge < -0.3 is 5.73 Å². The monoisotopic (exact) mass is 322 g/mol. The summed E-state index contributed by atoms with van der Waals surface area (Å²) in [6.45, 7) is 0.844. The quantitative estimate of drug-likeness (QED) is 0.881. The SMILES string of the molecule is NCc1ccc(S(=O)(=O)N2CCS(=O)CC2)c(Cl)c1. The van der Waals surface area contributed by atoms with Gasteiger partial charge in [-0.3, -0.25) is 4.21 Å². The van der Waals surface area contributed by atoms with E-state index in [1.807, 2.05) is 0 Å². The van der Waals surface area contributed by atoms with Gasteiger partial charge in [0.15, 0.2) is 0 Å². The summed E-state index contributed by atoms with van der Waals surface area (Å²) < 4.78 is 37.5. The van der Waals surface area contributed by atoms with E-state index in [2.05, 4.69) is 0 Å². The highest BCUT2D eigenvalue weighted by molar-refractivity contribution is 7.89. The van der Waals surface area contributed by atoms with Crippen molar-refractivity contribution in [2.75, 3.05) is 24.6 Å². The molecule has 1 heterocycles. The zero-order chi connectivity index (χ0) is 14.0. The maximum Gasteiger partial charge on any atom is 0.244 e. The molecule has 1 aromatic carbocycles. The average molecular weight is 323 g/mol. The summed E-state index contributed by atoms with van der Waals surface area (Å²) in [5.74, 6) is 0.746. The second kappa shape index (κ2) is 5.88. The Morgan fingerprint density at radius 3 is 2.47 bits per heavy atom. The van der Waals surface area contributed by atoms with Gasteiger partial charge in [-0.15, -0.1) is 0 Å². The van der Waals surface area contributed by atoms with E-state index in [9.17, 15) is 12.6 Å². The zero-order valence-corrected chi connectivity index (χ0v) is 12.6. The average Bonchev–Trinajstić information content (AvgIpc) is 2.38. The lowest BCUT2D eigenvalue weighted by molar-refractivity contribution is 0.439. The van der Waals surface area contributed by atoms with E-state index < -0.39 is 20.8 Å². The Labute approximate surface area is 120 Å². The van der Waals surface area contributed by atoms with Gasteiger partial charge in [-0.1, -0.05) is 17.7 Å². The van der Waals surface area contributed by atoms with Crippen molar-refractivity contribution in [3.63, 3.8) is 0 Å². The van der Waals surface area contributed by atoms with Gasteiger partial charge in [0.2, 0.25) is 10.0 Å². The van der Waals surface area contributed by atoms with Crippen LogP contribution in [0.2, 0.25) is 5.02 Å². The van der Waals surface area contributed by atoms with Crippen LogP contribution in [0.1, 0.15) is 5.56 Å². The van der Waals surface area contributed by atoms with E-state index in [0.29, 0.717) is 18.1 Å². The number of nitrogens with two attached hydrogens (primary N) is 1. The standard InChI is InChI=1S/C11H15ClN2O3S2/c12-10-7-9(8-13)1-2-11(10)19(16,17)14-3-5-18(15)6-4-14/h1-2,7H,3-6,8,13H2. The van der Waals surface area contributed by atoms with Crippen LogP contribution in [-0.2, 0) is 27.4 Å². The summed E-state index contributed by atoms with van der Waals surface area (Å²) in [7, 11) is -4.53. The molecule has 0 bridgehead atoms. The van der Waals surface area contributed by atoms with Crippen molar-refractivity contribution in [3.8, 4) is 0 Å². The molecule has 8 heteroatoms. The fourth-order valence-corrected chi connectivity index (χ4v) is 5.15. The molecule has 5 nitrogen and oxygen atoms in total. The predicted octanol–water partition coefficient (Wildman–Crippen LogP) is 0.552. The second-order valence-electron chi connectivity index (χ2n) is 4.22. The molecule has 0 amide bonds. The molecule has 2 rings (SSSR count). The highest BCUT2D eigenvalue weighted by atomic mass is 35.5. The Bertz CT molecular complexity index is 594. The third kappa shape index (κ3) is 3.17. The van der Waals surface area contributed by atoms with Gasteiger partial charge in [-0.25, -0.2) is 8.42 Å². The Morgan fingerprint density at radius 2 is 1.95 bits per heavy atom. The molecule has 0 spiro atoms. The van der Waals surface area contributed by atoms with Crippen molar-refractivity contribution >= 4 is 32.4 Å². The van der Waals surface area contributed by atoms with Crippen molar-refractivity contribution in [1.82, 2.24) is 4.31 Å². The molecule has 19 heavy (non-hydrogen) atoms. The maximum atomic E-state index is 12.4. The van der Waals surface area contributed by atoms with Crippen LogP contribution in [0.5, 0.6) is 0 Å². The fourth-order valence-electron chi connectivity index (χ4n) is 1.88. The molecule has 0 radical (unpaired) electrons. The van der Waals surface area contributed by atoms with Crippen molar-refractivity contribution in [3.05, 3.63) is 28.8 Å². The largest absolute Gasteiger partial charge is 0.326 e. The van der Waals surface area contributed by atoms with E-state index in [-0.39, 0.29) is 23.0 Å². The minimum atomic E-state index is -3.61. The van der Waals surface area contributed by atoms with Crippen molar-refractivity contribution in [2.45, 2.75) is 11.4 Å². The van der Waals surface area contributed by atoms with Crippen LogP contribution in [-0.4, -0.2) is 41.5 Å². The minimum absolute atomic E-state index is 0.0825. The molecule has 1 aromatic rings. The van der Waals surface area contributed by atoms with Gasteiger partial charge in [0.1, 0.15) is 4.90 Å². The molecule has 0 unspecified atom stereocenters. The Balaban J connectivity index is 2.31. The summed E-state index contributed by atoms with van der Waals surface area (Å²) >= 11 is 6.02. The molecule has 1 aliphatic rings. The summed E-state index contributed by atoms with van der Waals surface area (Å²) in [5.41, 5.74) is 6.26. The van der Waals surface area contributed by atoms with Gasteiger partial charge in [-0.05, 0) is 17.7 Å². The third-order valence-corrected chi connectivity index (χ3v) is 6.64. The summed E-state index contributed by atoms with van der Waals surface area (Å²) in [6.07, 6.45) is 0. The lowest BCUT2D eigenvalue weighted by atomic mass is 10.2. The lowest BCUT2D eigenvalue weighted by Crippen LogP contribution is -2.41. The van der Waals surface area contributed by atoms with Crippen LogP contribution >= 0.6 is 11.6 Å². The molecular weight excluding hydrogens is 308 g/mol. The second-order valence-corrected chi connectivity index (χ2v) is 8.23. The first-order valence-corrected chi connectivity index (χ1v) is 9.09. The van der Waals surface area contributed by atoms with Gasteiger partial charge >= 0.3 is 0 Å². The molecule has 1 fully saturated rings. The fraction of sp³-hybridized carbons (Fsp3) is 0.455. The van der Waals surface area contributed by atoms with E-state index in [1.165, 1.54) is 10.4 Å². The molecule has 2 N–H and O–H groups in total. The molecule has 0 atom stereocenters. The number of rotatable bonds is 3. The number of benzene rings is 1. The van der Waals surface area contributed by atoms with Gasteiger partial charge in [0, 0.05) is 41.9 Å². The highest BCUT2D eigenvalue weighted by Crippen LogP contribution is 2.26. The van der Waals surface area contributed by atoms with Crippen LogP contribution < -0.4 is 5.73 Å². The molecule has 106 valence electrons. The molecule has 0 saturated carbocycles. The molecule has 1 aliphatic heterocycles. The Hall–Kier alpha value is -0.470. The van der Waals surface area contributed by atoms with Crippen LogP contribution in [0.4, 0.5) is 0 Å². The molecule has 0 aliphatic carbocycles. The molecular formula is C11H15ClN2O3S2. The summed E-state index contributed by atoms with van der Waals surface area (Å²) in [4.78, 5) is 0.0825. The molecule has 1 saturated heterocycles. The summed E-state index contributed by atoms with van der Waals surface area (Å²) in [5, 5.41) is 0.176. The third-order valence-electron chi connectivity index (χ3n) is 2.99. The molecule has 0 aromatic heterocycles. The van der Waals surface area contributed by atoms with Crippen LogP contribution in [0, 0.1) is 0 Å². The normalized spacial score (nSPS) is 18.6. The Kier molecular flexibility index (Phi) is 4.62. The topological polar surface area (TPSA) is 80.5 Å². The van der Waals surface area contributed by atoms with Crippen molar-refractivity contribution in [1.29, 1.82) is 0 Å². The maximum absolute atomic E-state index is 12.4. The van der Waals surface area contributed by atoms with Crippen LogP contribution in [0.15, 0.2) is 23.1 Å². The van der Waals surface area contributed by atoms with Crippen molar-refractivity contribution < 1.29 is 12.6 Å². The first kappa shape index (κ1) is 14.9. The number of hydrogen-bond donors (Lipinski definition) is 1. The van der Waals surface area contributed by atoms with Gasteiger partial charge in [0.25, 0.3) is 0 Å². The number of nitrogens with zero attached hydrogens (tertiary/aromatic N) is 1. The first-order chi connectivity index (χ1) is 8.95. The van der Waals surface area contributed by atoms with Gasteiger partial charge in [-0.2, -0.15) is 4.31 Å². The van der Waals surface area contributed by atoms with Crippen LogP contribution in [0.3, 0.4) is 0 Å². The van der Waals surface area contributed by atoms with Gasteiger partial charge in [0.05, 0.1) is 5.02 Å². The van der Waals surface area contributed by atoms with Crippen molar-refractivity contribution in [2.24, 2.45) is 5.73 Å².